The van der Waals surface area contributed by atoms with Gasteiger partial charge in [0.15, 0.2) is 0 Å². The van der Waals surface area contributed by atoms with Crippen LogP contribution in [0.1, 0.15) is 32.6 Å². The van der Waals surface area contributed by atoms with Crippen LogP contribution in [-0.2, 0) is 4.74 Å². The number of ether oxygens (including phenoxy) is 1. The second-order valence-electron chi connectivity index (χ2n) is 5.60. The number of likely N-dealkylation sites (tertiary alicyclic amines) is 1. The van der Waals surface area contributed by atoms with Crippen molar-refractivity contribution in [3.05, 3.63) is 0 Å². The van der Waals surface area contributed by atoms with E-state index in [0.29, 0.717) is 12.1 Å². The maximum absolute atomic E-state index is 6.23. The average molecular weight is 226 g/mol. The van der Waals surface area contributed by atoms with Crippen molar-refractivity contribution in [2.75, 3.05) is 26.8 Å². The van der Waals surface area contributed by atoms with Crippen LogP contribution in [0.4, 0.5) is 0 Å². The Balaban J connectivity index is 1.85. The maximum Gasteiger partial charge on any atom is 0.0477 e. The van der Waals surface area contributed by atoms with E-state index < -0.39 is 0 Å². The SMILES string of the molecule is COCCC(C)N1CC2CCCC(N)C2C1. The summed E-state index contributed by atoms with van der Waals surface area (Å²) in [5.74, 6) is 1.63. The summed E-state index contributed by atoms with van der Waals surface area (Å²) in [7, 11) is 1.78. The molecule has 4 atom stereocenters. The van der Waals surface area contributed by atoms with Crippen molar-refractivity contribution in [1.29, 1.82) is 0 Å². The maximum atomic E-state index is 6.23. The zero-order chi connectivity index (χ0) is 11.5. The second kappa shape index (κ2) is 5.48. The first-order valence-electron chi connectivity index (χ1n) is 6.71. The Morgan fingerprint density at radius 3 is 2.88 bits per heavy atom. The molecule has 16 heavy (non-hydrogen) atoms. The molecule has 1 aliphatic carbocycles. The Bertz CT molecular complexity index is 222. The molecule has 0 bridgehead atoms. The number of nitrogens with two attached hydrogens (primary N) is 1. The van der Waals surface area contributed by atoms with Crippen molar-refractivity contribution in [3.63, 3.8) is 0 Å². The lowest BCUT2D eigenvalue weighted by Crippen LogP contribution is -2.38. The molecule has 2 rings (SSSR count). The number of fused-ring (bicyclic) bond motifs is 1. The second-order valence-corrected chi connectivity index (χ2v) is 5.60. The van der Waals surface area contributed by atoms with Crippen molar-refractivity contribution < 1.29 is 4.74 Å². The van der Waals surface area contributed by atoms with Gasteiger partial charge in [-0.2, -0.15) is 0 Å². The van der Waals surface area contributed by atoms with Crippen LogP contribution in [0.15, 0.2) is 0 Å². The number of rotatable bonds is 4. The molecule has 1 saturated heterocycles. The van der Waals surface area contributed by atoms with Gasteiger partial charge in [0.25, 0.3) is 0 Å². The molecular formula is C13H26N2O. The molecule has 1 heterocycles. The summed E-state index contributed by atoms with van der Waals surface area (Å²) >= 11 is 0. The van der Waals surface area contributed by atoms with E-state index in [9.17, 15) is 0 Å². The standard InChI is InChI=1S/C13H26N2O/c1-10(6-7-16-2)15-8-11-4-3-5-13(14)12(11)9-15/h10-13H,3-9,14H2,1-2H3. The molecule has 0 aromatic rings. The predicted octanol–water partition coefficient (Wildman–Crippen LogP) is 1.47. The number of hydrogen-bond donors (Lipinski definition) is 1. The summed E-state index contributed by atoms with van der Waals surface area (Å²) in [6, 6.07) is 1.11. The van der Waals surface area contributed by atoms with Gasteiger partial charge in [0.1, 0.15) is 0 Å². The molecule has 4 unspecified atom stereocenters. The molecule has 2 aliphatic rings. The van der Waals surface area contributed by atoms with Gasteiger partial charge in [0.05, 0.1) is 0 Å². The van der Waals surface area contributed by atoms with Gasteiger partial charge in [0.2, 0.25) is 0 Å². The highest BCUT2D eigenvalue weighted by Crippen LogP contribution is 2.36. The first kappa shape index (κ1) is 12.3. The average Bonchev–Trinajstić information content (AvgIpc) is 2.71. The smallest absolute Gasteiger partial charge is 0.0477 e. The van der Waals surface area contributed by atoms with E-state index in [1.54, 1.807) is 7.11 Å². The first-order valence-corrected chi connectivity index (χ1v) is 6.71. The van der Waals surface area contributed by atoms with Gasteiger partial charge >= 0.3 is 0 Å². The molecule has 3 nitrogen and oxygen atoms in total. The van der Waals surface area contributed by atoms with Crippen LogP contribution in [0.5, 0.6) is 0 Å². The Kier molecular flexibility index (Phi) is 4.22. The lowest BCUT2D eigenvalue weighted by Gasteiger charge is -2.30. The lowest BCUT2D eigenvalue weighted by molar-refractivity contribution is 0.149. The molecule has 2 N–H and O–H groups in total. The summed E-state index contributed by atoms with van der Waals surface area (Å²) in [5, 5.41) is 0. The van der Waals surface area contributed by atoms with Gasteiger partial charge in [-0.25, -0.2) is 0 Å². The predicted molar refractivity (Wildman–Crippen MR) is 66.3 cm³/mol. The topological polar surface area (TPSA) is 38.5 Å². The molecule has 0 amide bonds. The Morgan fingerprint density at radius 2 is 2.19 bits per heavy atom. The van der Waals surface area contributed by atoms with Crippen LogP contribution in [0, 0.1) is 11.8 Å². The minimum atomic E-state index is 0.457. The van der Waals surface area contributed by atoms with E-state index in [4.69, 9.17) is 10.5 Å². The van der Waals surface area contributed by atoms with Crippen LogP contribution in [0.2, 0.25) is 0 Å². The fraction of sp³-hybridized carbons (Fsp3) is 1.00. The normalized spacial score (nSPS) is 37.3. The molecule has 94 valence electrons. The monoisotopic (exact) mass is 226 g/mol. The van der Waals surface area contributed by atoms with Crippen molar-refractivity contribution in [1.82, 2.24) is 4.90 Å². The third-order valence-electron chi connectivity index (χ3n) is 4.55. The van der Waals surface area contributed by atoms with E-state index >= 15 is 0 Å². The lowest BCUT2D eigenvalue weighted by atomic mass is 9.78. The van der Waals surface area contributed by atoms with Crippen LogP contribution in [0.3, 0.4) is 0 Å². The van der Waals surface area contributed by atoms with Crippen molar-refractivity contribution in [3.8, 4) is 0 Å². The van der Waals surface area contributed by atoms with Crippen LogP contribution >= 0.6 is 0 Å². The Labute approximate surface area is 99.3 Å². The van der Waals surface area contributed by atoms with E-state index in [2.05, 4.69) is 11.8 Å². The number of nitrogens with zero attached hydrogens (tertiary/aromatic N) is 1. The van der Waals surface area contributed by atoms with E-state index in [1.807, 2.05) is 0 Å². The molecule has 1 aliphatic heterocycles. The zero-order valence-corrected chi connectivity index (χ0v) is 10.7. The molecule has 3 heteroatoms. The first-order chi connectivity index (χ1) is 7.72. The van der Waals surface area contributed by atoms with Gasteiger partial charge in [-0.1, -0.05) is 6.42 Å². The molecule has 0 radical (unpaired) electrons. The highest BCUT2D eigenvalue weighted by Gasteiger charge is 2.39. The molecular weight excluding hydrogens is 200 g/mol. The van der Waals surface area contributed by atoms with E-state index in [0.717, 1.165) is 24.9 Å². The highest BCUT2D eigenvalue weighted by atomic mass is 16.5. The fourth-order valence-corrected chi connectivity index (χ4v) is 3.38. The number of methoxy groups -OCH3 is 1. The minimum absolute atomic E-state index is 0.457. The van der Waals surface area contributed by atoms with Crippen LogP contribution in [0.25, 0.3) is 0 Å². The summed E-state index contributed by atoms with van der Waals surface area (Å²) in [4.78, 5) is 2.62. The van der Waals surface area contributed by atoms with Gasteiger partial charge in [-0.15, -0.1) is 0 Å². The molecule has 0 aromatic heterocycles. The van der Waals surface area contributed by atoms with Gasteiger partial charge in [0, 0.05) is 38.9 Å². The molecule has 1 saturated carbocycles. The third-order valence-corrected chi connectivity index (χ3v) is 4.55. The van der Waals surface area contributed by atoms with Crippen LogP contribution < -0.4 is 5.73 Å². The zero-order valence-electron chi connectivity index (χ0n) is 10.7. The highest BCUT2D eigenvalue weighted by molar-refractivity contribution is 4.94. The van der Waals surface area contributed by atoms with Gasteiger partial charge in [-0.05, 0) is 38.0 Å². The third kappa shape index (κ3) is 2.58. The van der Waals surface area contributed by atoms with E-state index in [-0.39, 0.29) is 0 Å². The van der Waals surface area contributed by atoms with Gasteiger partial charge in [-0.3, -0.25) is 4.90 Å². The van der Waals surface area contributed by atoms with Crippen molar-refractivity contribution in [2.45, 2.75) is 44.7 Å². The van der Waals surface area contributed by atoms with Crippen LogP contribution in [-0.4, -0.2) is 43.8 Å². The summed E-state index contributed by atoms with van der Waals surface area (Å²) in [6.07, 6.45) is 5.11. The van der Waals surface area contributed by atoms with E-state index in [1.165, 1.54) is 32.4 Å². The minimum Gasteiger partial charge on any atom is -0.385 e. The summed E-state index contributed by atoms with van der Waals surface area (Å²) < 4.78 is 5.16. The Hall–Kier alpha value is -0.120. The Morgan fingerprint density at radius 1 is 1.38 bits per heavy atom. The molecule has 0 aromatic carbocycles. The largest absolute Gasteiger partial charge is 0.385 e. The fourth-order valence-electron chi connectivity index (χ4n) is 3.38. The number of hydrogen-bond acceptors (Lipinski definition) is 3. The van der Waals surface area contributed by atoms with Crippen molar-refractivity contribution >= 4 is 0 Å². The molecule has 0 spiro atoms. The van der Waals surface area contributed by atoms with Gasteiger partial charge < -0.3 is 10.5 Å². The summed E-state index contributed by atoms with van der Waals surface area (Å²) in [6.45, 7) is 5.68. The van der Waals surface area contributed by atoms with Crippen molar-refractivity contribution in [2.24, 2.45) is 17.6 Å². The summed E-state index contributed by atoms with van der Waals surface area (Å²) in [5.41, 5.74) is 6.23. The quantitative estimate of drug-likeness (QED) is 0.789. The molecule has 2 fully saturated rings.